The molecule has 0 radical (unpaired) electrons. The second-order valence-electron chi connectivity index (χ2n) is 10.9. The van der Waals surface area contributed by atoms with Crippen molar-refractivity contribution in [3.05, 3.63) is 72.2 Å². The largest absolute Gasteiger partial charge is 0.473 e. The SMILES string of the molecule is CC1(C)CN(c2ccc(Oc3ccccc3)cc2)c2nc(COC(=N)C(CC(F)(F)F)C3CCOCC3)ncc21. The summed E-state index contributed by atoms with van der Waals surface area (Å²) in [6.07, 6.45) is -2.78. The number of aromatic nitrogens is 2. The van der Waals surface area contributed by atoms with E-state index < -0.39 is 18.5 Å². The second-order valence-corrected chi connectivity index (χ2v) is 10.9. The molecular weight excluding hydrogens is 521 g/mol. The van der Waals surface area contributed by atoms with E-state index in [-0.39, 0.29) is 23.8 Å². The zero-order chi connectivity index (χ0) is 28.3. The standard InChI is InChI=1S/C30H33F3N4O3/c1-29(2)19-37(21-8-10-23(11-9-21)40-22-6-4-3-5-7-22)28-25(29)17-35-26(36-28)18-39-27(34)24(16-30(31,32)33)20-12-14-38-15-13-20/h3-11,17,20,24,34H,12-16,18-19H2,1-2H3. The Morgan fingerprint density at radius 1 is 1.07 bits per heavy atom. The molecule has 5 rings (SSSR count). The topological polar surface area (TPSA) is 80.6 Å². The highest BCUT2D eigenvalue weighted by Crippen LogP contribution is 2.43. The van der Waals surface area contributed by atoms with E-state index in [2.05, 4.69) is 23.7 Å². The van der Waals surface area contributed by atoms with E-state index in [1.165, 1.54) is 0 Å². The lowest BCUT2D eigenvalue weighted by atomic mass is 9.83. The molecule has 2 aliphatic heterocycles. The summed E-state index contributed by atoms with van der Waals surface area (Å²) in [6.45, 7) is 5.51. The molecule has 3 aromatic rings. The molecule has 10 heteroatoms. The van der Waals surface area contributed by atoms with E-state index in [0.717, 1.165) is 22.8 Å². The summed E-state index contributed by atoms with van der Waals surface area (Å²) in [7, 11) is 0. The van der Waals surface area contributed by atoms with Gasteiger partial charge >= 0.3 is 6.18 Å². The first-order valence-electron chi connectivity index (χ1n) is 13.4. The molecule has 0 spiro atoms. The van der Waals surface area contributed by atoms with Crippen LogP contribution >= 0.6 is 0 Å². The third kappa shape index (κ3) is 6.55. The van der Waals surface area contributed by atoms with E-state index in [1.54, 1.807) is 6.20 Å². The molecule has 2 aliphatic rings. The summed E-state index contributed by atoms with van der Waals surface area (Å²) in [6, 6.07) is 17.3. The minimum atomic E-state index is -4.39. The highest BCUT2D eigenvalue weighted by molar-refractivity contribution is 5.76. The molecular formula is C30H33F3N4O3. The highest BCUT2D eigenvalue weighted by Gasteiger charge is 2.40. The van der Waals surface area contributed by atoms with Crippen LogP contribution in [0.3, 0.4) is 0 Å². The number of anilines is 2. The van der Waals surface area contributed by atoms with Crippen LogP contribution in [0.25, 0.3) is 0 Å². The second kappa shape index (κ2) is 11.4. The quantitative estimate of drug-likeness (QED) is 0.235. The number of hydrogen-bond acceptors (Lipinski definition) is 7. The van der Waals surface area contributed by atoms with Gasteiger partial charge in [0.25, 0.3) is 0 Å². The van der Waals surface area contributed by atoms with Crippen LogP contribution in [0, 0.1) is 17.2 Å². The molecule has 7 nitrogen and oxygen atoms in total. The fourth-order valence-electron chi connectivity index (χ4n) is 5.34. The van der Waals surface area contributed by atoms with Crippen molar-refractivity contribution in [2.45, 2.75) is 51.3 Å². The number of benzene rings is 2. The summed E-state index contributed by atoms with van der Waals surface area (Å²) in [5.74, 6) is 0.756. The van der Waals surface area contributed by atoms with E-state index >= 15 is 0 Å². The van der Waals surface area contributed by atoms with Gasteiger partial charge in [0.15, 0.2) is 11.7 Å². The average molecular weight is 555 g/mol. The number of alkyl halides is 3. The van der Waals surface area contributed by atoms with Crippen LogP contribution in [0.1, 0.15) is 44.5 Å². The molecule has 0 aliphatic carbocycles. The molecule has 1 N–H and O–H groups in total. The number of halogens is 3. The first-order valence-corrected chi connectivity index (χ1v) is 13.4. The fraction of sp³-hybridized carbons (Fsp3) is 0.433. The molecule has 0 bridgehead atoms. The van der Waals surface area contributed by atoms with Crippen LogP contribution in [0.2, 0.25) is 0 Å². The van der Waals surface area contributed by atoms with Gasteiger partial charge in [0, 0.05) is 48.5 Å². The first kappa shape index (κ1) is 27.9. The normalized spacial score (nSPS) is 17.8. The van der Waals surface area contributed by atoms with Crippen molar-refractivity contribution in [3.63, 3.8) is 0 Å². The van der Waals surface area contributed by atoms with Crippen LogP contribution in [0.15, 0.2) is 60.8 Å². The van der Waals surface area contributed by atoms with Crippen molar-refractivity contribution >= 4 is 17.4 Å². The Kier molecular flexibility index (Phi) is 7.98. The molecule has 1 atom stereocenters. The molecule has 1 aromatic heterocycles. The molecule has 1 fully saturated rings. The predicted molar refractivity (Wildman–Crippen MR) is 145 cm³/mol. The van der Waals surface area contributed by atoms with Crippen LogP contribution in [-0.4, -0.2) is 41.8 Å². The lowest BCUT2D eigenvalue weighted by Crippen LogP contribution is -2.33. The third-order valence-corrected chi connectivity index (χ3v) is 7.46. The summed E-state index contributed by atoms with van der Waals surface area (Å²) in [5.41, 5.74) is 1.67. The van der Waals surface area contributed by atoms with Gasteiger partial charge in [-0.15, -0.1) is 0 Å². The van der Waals surface area contributed by atoms with Gasteiger partial charge in [-0.25, -0.2) is 9.97 Å². The number of ether oxygens (including phenoxy) is 3. The highest BCUT2D eigenvalue weighted by atomic mass is 19.4. The minimum Gasteiger partial charge on any atom is -0.473 e. The van der Waals surface area contributed by atoms with Crippen LogP contribution in [0.4, 0.5) is 24.7 Å². The van der Waals surface area contributed by atoms with Gasteiger partial charge in [-0.1, -0.05) is 32.0 Å². The van der Waals surface area contributed by atoms with Crippen molar-refractivity contribution in [1.82, 2.24) is 9.97 Å². The van der Waals surface area contributed by atoms with E-state index in [4.69, 9.17) is 24.6 Å². The van der Waals surface area contributed by atoms with Gasteiger partial charge in [0.2, 0.25) is 0 Å². The number of nitrogens with zero attached hydrogens (tertiary/aromatic N) is 3. The van der Waals surface area contributed by atoms with Crippen LogP contribution in [0.5, 0.6) is 11.5 Å². The monoisotopic (exact) mass is 554 g/mol. The van der Waals surface area contributed by atoms with Crippen LogP contribution < -0.4 is 9.64 Å². The Morgan fingerprint density at radius 3 is 2.42 bits per heavy atom. The van der Waals surface area contributed by atoms with Crippen molar-refractivity contribution < 1.29 is 27.4 Å². The third-order valence-electron chi connectivity index (χ3n) is 7.46. The number of fused-ring (bicyclic) bond motifs is 1. The van der Waals surface area contributed by atoms with Gasteiger partial charge in [0.1, 0.15) is 23.9 Å². The molecule has 40 heavy (non-hydrogen) atoms. The van der Waals surface area contributed by atoms with Gasteiger partial charge < -0.3 is 19.1 Å². The maximum Gasteiger partial charge on any atom is 0.389 e. The molecule has 1 saturated heterocycles. The molecule has 2 aromatic carbocycles. The summed E-state index contributed by atoms with van der Waals surface area (Å²) in [4.78, 5) is 11.3. The Labute approximate surface area is 231 Å². The van der Waals surface area contributed by atoms with Gasteiger partial charge in [-0.2, -0.15) is 13.2 Å². The van der Waals surface area contributed by atoms with Crippen molar-refractivity contribution in [1.29, 1.82) is 5.41 Å². The molecule has 212 valence electrons. The lowest BCUT2D eigenvalue weighted by molar-refractivity contribution is -0.146. The predicted octanol–water partition coefficient (Wildman–Crippen LogP) is 7.19. The van der Waals surface area contributed by atoms with Gasteiger partial charge in [-0.3, -0.25) is 5.41 Å². The minimum absolute atomic E-state index is 0.179. The Bertz CT molecular complexity index is 1310. The maximum absolute atomic E-state index is 13.3. The maximum atomic E-state index is 13.3. The lowest BCUT2D eigenvalue weighted by Gasteiger charge is -2.30. The molecule has 0 saturated carbocycles. The molecule has 0 amide bonds. The summed E-state index contributed by atoms with van der Waals surface area (Å²) in [5, 5.41) is 8.36. The van der Waals surface area contributed by atoms with E-state index in [9.17, 15) is 13.2 Å². The summed E-state index contributed by atoms with van der Waals surface area (Å²) < 4.78 is 56.8. The van der Waals surface area contributed by atoms with E-state index in [1.807, 2.05) is 54.6 Å². The molecule has 3 heterocycles. The number of nitrogens with one attached hydrogen (secondary N) is 1. The average Bonchev–Trinajstić information content (AvgIpc) is 3.21. The molecule has 1 unspecified atom stereocenters. The summed E-state index contributed by atoms with van der Waals surface area (Å²) >= 11 is 0. The Hall–Kier alpha value is -3.66. The Balaban J connectivity index is 1.31. The Morgan fingerprint density at radius 2 is 1.75 bits per heavy atom. The van der Waals surface area contributed by atoms with Crippen molar-refractivity contribution in [2.75, 3.05) is 24.7 Å². The van der Waals surface area contributed by atoms with Gasteiger partial charge in [0.05, 0.1) is 6.42 Å². The number of hydrogen-bond donors (Lipinski definition) is 1. The van der Waals surface area contributed by atoms with Gasteiger partial charge in [-0.05, 0) is 55.2 Å². The van der Waals surface area contributed by atoms with Crippen LogP contribution in [-0.2, 0) is 21.5 Å². The fourth-order valence-corrected chi connectivity index (χ4v) is 5.34. The van der Waals surface area contributed by atoms with Crippen molar-refractivity contribution in [3.8, 4) is 11.5 Å². The van der Waals surface area contributed by atoms with Crippen molar-refractivity contribution in [2.24, 2.45) is 11.8 Å². The number of para-hydroxylation sites is 1. The van der Waals surface area contributed by atoms with E-state index in [0.29, 0.717) is 44.2 Å². The number of rotatable bonds is 8. The smallest absolute Gasteiger partial charge is 0.389 e. The first-order chi connectivity index (χ1) is 19.1. The zero-order valence-electron chi connectivity index (χ0n) is 22.6. The zero-order valence-corrected chi connectivity index (χ0v) is 22.6.